The van der Waals surface area contributed by atoms with E-state index in [4.69, 9.17) is 14.8 Å². The minimum atomic E-state index is -4.64. The number of benzene rings is 1. The number of ether oxygens (including phenoxy) is 1. The van der Waals surface area contributed by atoms with Crippen molar-refractivity contribution in [2.45, 2.75) is 26.9 Å². The van der Waals surface area contributed by atoms with Gasteiger partial charge in [0.05, 0.1) is 17.7 Å². The highest BCUT2D eigenvalue weighted by Crippen LogP contribution is 2.28. The fraction of sp³-hybridized carbons (Fsp3) is 0.462. The van der Waals surface area contributed by atoms with Crippen molar-refractivity contribution in [3.05, 3.63) is 29.3 Å². The molecule has 1 aromatic carbocycles. The third kappa shape index (κ3) is 5.06. The van der Waals surface area contributed by atoms with Gasteiger partial charge < -0.3 is 14.8 Å². The summed E-state index contributed by atoms with van der Waals surface area (Å²) < 4.78 is 42.7. The molecule has 1 rings (SSSR count). The third-order valence-electron chi connectivity index (χ3n) is 2.51. The van der Waals surface area contributed by atoms with Crippen LogP contribution < -0.4 is 5.46 Å². The Labute approximate surface area is 120 Å². The Morgan fingerprint density at radius 1 is 1.24 bits per heavy atom. The number of hydrogen-bond donors (Lipinski definition) is 2. The van der Waals surface area contributed by atoms with Crippen molar-refractivity contribution in [2.24, 2.45) is 5.41 Å². The van der Waals surface area contributed by atoms with Gasteiger partial charge in [-0.25, -0.2) is 4.79 Å². The van der Waals surface area contributed by atoms with Crippen molar-refractivity contribution >= 4 is 18.6 Å². The number of hydrogen-bond acceptors (Lipinski definition) is 4. The maximum atomic E-state index is 12.6. The number of carbonyl (C=O) groups excluding carboxylic acids is 1. The summed E-state index contributed by atoms with van der Waals surface area (Å²) >= 11 is 0. The van der Waals surface area contributed by atoms with Crippen LogP contribution in [0, 0.1) is 5.41 Å². The minimum Gasteiger partial charge on any atom is -0.462 e. The maximum absolute atomic E-state index is 12.6. The minimum absolute atomic E-state index is 0.0494. The van der Waals surface area contributed by atoms with Crippen LogP contribution in [0.5, 0.6) is 0 Å². The summed E-state index contributed by atoms with van der Waals surface area (Å²) in [5, 5.41) is 18.3. The smallest absolute Gasteiger partial charge is 0.462 e. The zero-order chi connectivity index (χ0) is 16.4. The summed E-state index contributed by atoms with van der Waals surface area (Å²) in [6, 6.07) is 2.10. The van der Waals surface area contributed by atoms with Gasteiger partial charge in [-0.2, -0.15) is 13.2 Å². The molecular weight excluding hydrogens is 288 g/mol. The van der Waals surface area contributed by atoms with E-state index >= 15 is 0 Å². The number of esters is 1. The molecule has 0 fully saturated rings. The summed E-state index contributed by atoms with van der Waals surface area (Å²) in [7, 11) is -2.20. The van der Waals surface area contributed by atoms with Gasteiger partial charge in [-0.15, -0.1) is 0 Å². The Bertz CT molecular complexity index is 521. The van der Waals surface area contributed by atoms with Gasteiger partial charge in [0.15, 0.2) is 0 Å². The molecule has 0 spiro atoms. The highest BCUT2D eigenvalue weighted by molar-refractivity contribution is 6.60. The van der Waals surface area contributed by atoms with Gasteiger partial charge in [0.25, 0.3) is 0 Å². The first kappa shape index (κ1) is 17.5. The molecule has 0 aliphatic carbocycles. The van der Waals surface area contributed by atoms with Gasteiger partial charge >= 0.3 is 19.3 Å². The second-order valence-corrected chi connectivity index (χ2v) is 5.81. The van der Waals surface area contributed by atoms with Crippen molar-refractivity contribution in [3.63, 3.8) is 0 Å². The summed E-state index contributed by atoms with van der Waals surface area (Å²) in [6.45, 7) is 5.49. The van der Waals surface area contributed by atoms with Crippen LogP contribution in [0.25, 0.3) is 0 Å². The number of alkyl halides is 3. The molecule has 0 radical (unpaired) electrons. The Morgan fingerprint density at radius 2 is 1.81 bits per heavy atom. The van der Waals surface area contributed by atoms with E-state index in [1.165, 1.54) is 0 Å². The third-order valence-corrected chi connectivity index (χ3v) is 2.51. The highest BCUT2D eigenvalue weighted by atomic mass is 19.4. The van der Waals surface area contributed by atoms with E-state index in [-0.39, 0.29) is 17.6 Å². The second-order valence-electron chi connectivity index (χ2n) is 5.81. The average molecular weight is 304 g/mol. The van der Waals surface area contributed by atoms with E-state index in [0.29, 0.717) is 12.1 Å². The molecule has 8 heteroatoms. The van der Waals surface area contributed by atoms with Crippen molar-refractivity contribution < 1.29 is 32.8 Å². The Kier molecular flexibility index (Phi) is 5.06. The molecule has 116 valence electrons. The molecule has 0 aliphatic rings. The van der Waals surface area contributed by atoms with Crippen LogP contribution in [0.4, 0.5) is 13.2 Å². The first-order valence-electron chi connectivity index (χ1n) is 6.16. The van der Waals surface area contributed by atoms with Crippen LogP contribution in [-0.4, -0.2) is 29.7 Å². The van der Waals surface area contributed by atoms with E-state index in [0.717, 1.165) is 6.07 Å². The summed E-state index contributed by atoms with van der Waals surface area (Å²) in [6.07, 6.45) is -4.64. The van der Waals surface area contributed by atoms with Gasteiger partial charge in [0.1, 0.15) is 0 Å². The molecule has 4 nitrogen and oxygen atoms in total. The van der Waals surface area contributed by atoms with Gasteiger partial charge in [-0.3, -0.25) is 0 Å². The average Bonchev–Trinajstić information content (AvgIpc) is 2.33. The first-order chi connectivity index (χ1) is 9.42. The molecule has 1 aromatic rings. The van der Waals surface area contributed by atoms with Crippen LogP contribution in [0.1, 0.15) is 36.7 Å². The SMILES string of the molecule is CC(C)(C)COC(=O)c1ccc(C(F)(F)F)cc1B(O)O. The van der Waals surface area contributed by atoms with Crippen LogP contribution >= 0.6 is 0 Å². The number of halogens is 3. The van der Waals surface area contributed by atoms with Gasteiger partial charge in [-0.1, -0.05) is 20.8 Å². The second kappa shape index (κ2) is 6.07. The summed E-state index contributed by atoms with van der Waals surface area (Å²) in [5.74, 6) is -0.901. The van der Waals surface area contributed by atoms with Crippen molar-refractivity contribution in [3.8, 4) is 0 Å². The molecule has 0 heterocycles. The predicted octanol–water partition coefficient (Wildman–Crippen LogP) is 1.59. The van der Waals surface area contributed by atoms with Gasteiger partial charge in [0.2, 0.25) is 0 Å². The molecule has 0 aromatic heterocycles. The predicted molar refractivity (Wildman–Crippen MR) is 71.0 cm³/mol. The van der Waals surface area contributed by atoms with Crippen molar-refractivity contribution in [1.82, 2.24) is 0 Å². The van der Waals surface area contributed by atoms with Crippen LogP contribution in [0.15, 0.2) is 18.2 Å². The van der Waals surface area contributed by atoms with E-state index in [9.17, 15) is 18.0 Å². The molecule has 0 saturated heterocycles. The van der Waals surface area contributed by atoms with Crippen LogP contribution in [-0.2, 0) is 10.9 Å². The van der Waals surface area contributed by atoms with Crippen LogP contribution in [0.2, 0.25) is 0 Å². The summed E-state index contributed by atoms with van der Waals surface area (Å²) in [5.41, 5.74) is -2.23. The fourth-order valence-corrected chi connectivity index (χ4v) is 1.50. The van der Waals surface area contributed by atoms with E-state index < -0.39 is 30.3 Å². The zero-order valence-corrected chi connectivity index (χ0v) is 11.9. The Hall–Kier alpha value is -1.54. The molecule has 0 amide bonds. The molecule has 0 bridgehead atoms. The normalized spacial score (nSPS) is 12.2. The standard InChI is InChI=1S/C13H16BF3O4/c1-12(2,3)7-21-11(18)9-5-4-8(13(15,16)17)6-10(9)14(19)20/h4-6,19-20H,7H2,1-3H3. The van der Waals surface area contributed by atoms with E-state index in [1.54, 1.807) is 0 Å². The lowest BCUT2D eigenvalue weighted by Gasteiger charge is -2.19. The lowest BCUT2D eigenvalue weighted by atomic mass is 9.76. The van der Waals surface area contributed by atoms with Gasteiger partial charge in [0, 0.05) is 0 Å². The number of carbonyl (C=O) groups is 1. The van der Waals surface area contributed by atoms with E-state index in [1.807, 2.05) is 20.8 Å². The molecule has 0 unspecified atom stereocenters. The fourth-order valence-electron chi connectivity index (χ4n) is 1.50. The van der Waals surface area contributed by atoms with Crippen molar-refractivity contribution in [2.75, 3.05) is 6.61 Å². The molecule has 2 N–H and O–H groups in total. The molecule has 21 heavy (non-hydrogen) atoms. The number of rotatable bonds is 3. The maximum Gasteiger partial charge on any atom is 0.489 e. The molecule has 0 saturated carbocycles. The topological polar surface area (TPSA) is 66.8 Å². The Balaban J connectivity index is 3.10. The van der Waals surface area contributed by atoms with Gasteiger partial charge in [-0.05, 0) is 29.1 Å². The highest BCUT2D eigenvalue weighted by Gasteiger charge is 2.33. The van der Waals surface area contributed by atoms with Crippen molar-refractivity contribution in [1.29, 1.82) is 0 Å². The Morgan fingerprint density at radius 3 is 2.24 bits per heavy atom. The zero-order valence-electron chi connectivity index (χ0n) is 11.9. The summed E-state index contributed by atoms with van der Waals surface area (Å²) in [4.78, 5) is 11.9. The molecule has 0 atom stereocenters. The first-order valence-corrected chi connectivity index (χ1v) is 6.16. The lowest BCUT2D eigenvalue weighted by molar-refractivity contribution is -0.137. The van der Waals surface area contributed by atoms with E-state index in [2.05, 4.69) is 0 Å². The van der Waals surface area contributed by atoms with Crippen LogP contribution in [0.3, 0.4) is 0 Å². The molecular formula is C13H16BF3O4. The lowest BCUT2D eigenvalue weighted by Crippen LogP contribution is -2.36. The molecule has 0 aliphatic heterocycles. The largest absolute Gasteiger partial charge is 0.489 e. The monoisotopic (exact) mass is 304 g/mol. The quantitative estimate of drug-likeness (QED) is 0.657.